The van der Waals surface area contributed by atoms with Crippen LogP contribution in [0, 0.1) is 3.70 Å². The van der Waals surface area contributed by atoms with E-state index in [4.69, 9.17) is 4.74 Å². The second kappa shape index (κ2) is 10.5. The first-order chi connectivity index (χ1) is 10.6. The molecule has 1 aromatic heterocycles. The normalized spacial score (nSPS) is 14.0. The molecule has 0 N–H and O–H groups in total. The molecule has 22 heavy (non-hydrogen) atoms. The maximum Gasteiger partial charge on any atom is 0.245 e. The smallest absolute Gasteiger partial charge is 0.245 e. The Balaban J connectivity index is 2.74. The van der Waals surface area contributed by atoms with Gasteiger partial charge in [-0.1, -0.05) is 65.2 Å². The summed E-state index contributed by atoms with van der Waals surface area (Å²) in [5.74, 6) is 0.758. The molecule has 0 bridgehead atoms. The molecule has 0 spiro atoms. The monoisotopic (exact) mass is 420 g/mol. The lowest BCUT2D eigenvalue weighted by Crippen LogP contribution is -2.30. The molecule has 0 fully saturated rings. The van der Waals surface area contributed by atoms with Gasteiger partial charge in [0, 0.05) is 5.54 Å². The minimum Gasteiger partial charge on any atom is -0.479 e. The van der Waals surface area contributed by atoms with Crippen LogP contribution >= 0.6 is 22.6 Å². The SMILES string of the molecule is CCCCCCCC(C)(CCCCC)n1cnc(OC)c1I. The number of imidazole rings is 1. The maximum atomic E-state index is 5.36. The van der Waals surface area contributed by atoms with Crippen LogP contribution in [-0.4, -0.2) is 16.7 Å². The molecular formula is C18H33IN2O. The molecular weight excluding hydrogens is 387 g/mol. The fourth-order valence-electron chi connectivity index (χ4n) is 3.06. The van der Waals surface area contributed by atoms with Crippen molar-refractivity contribution in [3.63, 3.8) is 0 Å². The van der Waals surface area contributed by atoms with Gasteiger partial charge in [-0.15, -0.1) is 0 Å². The van der Waals surface area contributed by atoms with Crippen molar-refractivity contribution >= 4 is 22.6 Å². The molecule has 0 saturated heterocycles. The summed E-state index contributed by atoms with van der Waals surface area (Å²) in [5.41, 5.74) is 0.168. The van der Waals surface area contributed by atoms with E-state index in [-0.39, 0.29) is 5.54 Å². The molecule has 0 aromatic carbocycles. The van der Waals surface area contributed by atoms with E-state index in [9.17, 15) is 0 Å². The van der Waals surface area contributed by atoms with E-state index < -0.39 is 0 Å². The zero-order chi connectivity index (χ0) is 16.4. The van der Waals surface area contributed by atoms with Crippen LogP contribution in [-0.2, 0) is 5.54 Å². The number of methoxy groups -OCH3 is 1. The Hall–Kier alpha value is -0.260. The Labute approximate surface area is 150 Å². The van der Waals surface area contributed by atoms with Crippen molar-refractivity contribution in [2.45, 2.75) is 90.5 Å². The summed E-state index contributed by atoms with van der Waals surface area (Å²) in [6, 6.07) is 0. The molecule has 1 aromatic rings. The second-order valence-corrected chi connectivity index (χ2v) is 7.55. The Morgan fingerprint density at radius 2 is 1.59 bits per heavy atom. The highest BCUT2D eigenvalue weighted by atomic mass is 127. The zero-order valence-electron chi connectivity index (χ0n) is 14.8. The summed E-state index contributed by atoms with van der Waals surface area (Å²) >= 11 is 2.37. The summed E-state index contributed by atoms with van der Waals surface area (Å²) in [7, 11) is 1.70. The molecule has 1 rings (SSSR count). The van der Waals surface area contributed by atoms with Gasteiger partial charge in [0.1, 0.15) is 10.0 Å². The van der Waals surface area contributed by atoms with Crippen LogP contribution in [0.1, 0.15) is 85.0 Å². The van der Waals surface area contributed by atoms with Gasteiger partial charge in [-0.3, -0.25) is 0 Å². The minimum atomic E-state index is 0.168. The van der Waals surface area contributed by atoms with Crippen molar-refractivity contribution in [3.8, 4) is 5.88 Å². The van der Waals surface area contributed by atoms with Crippen LogP contribution < -0.4 is 4.74 Å². The second-order valence-electron chi connectivity index (χ2n) is 6.53. The lowest BCUT2D eigenvalue weighted by molar-refractivity contribution is 0.245. The highest BCUT2D eigenvalue weighted by Crippen LogP contribution is 2.34. The van der Waals surface area contributed by atoms with Crippen LogP contribution in [0.3, 0.4) is 0 Å². The third kappa shape index (κ3) is 5.74. The average molecular weight is 420 g/mol. The largest absolute Gasteiger partial charge is 0.479 e. The van der Waals surface area contributed by atoms with E-state index in [1.807, 2.05) is 6.33 Å². The summed E-state index contributed by atoms with van der Waals surface area (Å²) in [5, 5.41) is 0. The number of nitrogens with zero attached hydrogens (tertiary/aromatic N) is 2. The van der Waals surface area contributed by atoms with Gasteiger partial charge < -0.3 is 9.30 Å². The van der Waals surface area contributed by atoms with Crippen molar-refractivity contribution in [2.75, 3.05) is 7.11 Å². The number of rotatable bonds is 12. The predicted octanol–water partition coefficient (Wildman–Crippen LogP) is 6.15. The fourth-order valence-corrected chi connectivity index (χ4v) is 4.13. The summed E-state index contributed by atoms with van der Waals surface area (Å²) < 4.78 is 8.85. The molecule has 1 heterocycles. The van der Waals surface area contributed by atoms with E-state index in [2.05, 4.69) is 52.9 Å². The number of hydrogen-bond donors (Lipinski definition) is 0. The van der Waals surface area contributed by atoms with E-state index in [1.54, 1.807) is 7.11 Å². The van der Waals surface area contributed by atoms with Gasteiger partial charge in [-0.2, -0.15) is 0 Å². The number of aromatic nitrogens is 2. The van der Waals surface area contributed by atoms with Gasteiger partial charge in [0.2, 0.25) is 5.88 Å². The van der Waals surface area contributed by atoms with Crippen molar-refractivity contribution in [1.82, 2.24) is 9.55 Å². The molecule has 128 valence electrons. The molecule has 0 aliphatic rings. The third-order valence-corrected chi connectivity index (χ3v) is 5.57. The van der Waals surface area contributed by atoms with Crippen molar-refractivity contribution < 1.29 is 4.74 Å². The van der Waals surface area contributed by atoms with Crippen molar-refractivity contribution in [1.29, 1.82) is 0 Å². The lowest BCUT2D eigenvalue weighted by Gasteiger charge is -2.32. The van der Waals surface area contributed by atoms with Gasteiger partial charge in [0.15, 0.2) is 0 Å². The molecule has 0 aliphatic heterocycles. The van der Waals surface area contributed by atoms with Crippen molar-refractivity contribution in [2.24, 2.45) is 0 Å². The molecule has 1 atom stereocenters. The van der Waals surface area contributed by atoms with E-state index in [1.165, 1.54) is 64.2 Å². The molecule has 0 aliphatic carbocycles. The molecule has 1 unspecified atom stereocenters. The molecule has 4 heteroatoms. The highest BCUT2D eigenvalue weighted by Gasteiger charge is 2.28. The van der Waals surface area contributed by atoms with Gasteiger partial charge in [-0.05, 0) is 42.4 Å². The van der Waals surface area contributed by atoms with Crippen molar-refractivity contribution in [3.05, 3.63) is 10.0 Å². The summed E-state index contributed by atoms with van der Waals surface area (Å²) in [4.78, 5) is 4.42. The Morgan fingerprint density at radius 3 is 2.14 bits per heavy atom. The summed E-state index contributed by atoms with van der Waals surface area (Å²) in [6.07, 6.45) is 15.0. The first kappa shape index (κ1) is 19.8. The standard InChI is InChI=1S/C18H33IN2O/c1-5-7-9-10-12-14-18(3,13-11-8-6-2)21-15-20-17(22-4)16(21)19/h15H,5-14H2,1-4H3. The molecule has 0 saturated carbocycles. The van der Waals surface area contributed by atoms with Crippen LogP contribution in [0.4, 0.5) is 0 Å². The Bertz CT molecular complexity index is 419. The topological polar surface area (TPSA) is 27.1 Å². The first-order valence-corrected chi connectivity index (χ1v) is 9.94. The number of ether oxygens (including phenoxy) is 1. The lowest BCUT2D eigenvalue weighted by atomic mass is 9.88. The van der Waals surface area contributed by atoms with Gasteiger partial charge in [0.25, 0.3) is 0 Å². The fraction of sp³-hybridized carbons (Fsp3) is 0.833. The number of unbranched alkanes of at least 4 members (excludes halogenated alkanes) is 6. The quantitative estimate of drug-likeness (QED) is 0.299. The zero-order valence-corrected chi connectivity index (χ0v) is 17.0. The van der Waals surface area contributed by atoms with Gasteiger partial charge >= 0.3 is 0 Å². The molecule has 3 nitrogen and oxygen atoms in total. The van der Waals surface area contributed by atoms with Crippen LogP contribution in [0.25, 0.3) is 0 Å². The van der Waals surface area contributed by atoms with Crippen LogP contribution in [0.2, 0.25) is 0 Å². The number of hydrogen-bond acceptors (Lipinski definition) is 2. The van der Waals surface area contributed by atoms with Crippen LogP contribution in [0.5, 0.6) is 5.88 Å². The molecule has 0 amide bonds. The van der Waals surface area contributed by atoms with Crippen LogP contribution in [0.15, 0.2) is 6.33 Å². The van der Waals surface area contributed by atoms with E-state index >= 15 is 0 Å². The van der Waals surface area contributed by atoms with E-state index in [0.29, 0.717) is 0 Å². The van der Waals surface area contributed by atoms with E-state index in [0.717, 1.165) is 9.58 Å². The highest BCUT2D eigenvalue weighted by molar-refractivity contribution is 14.1. The average Bonchev–Trinajstić information content (AvgIpc) is 2.89. The summed E-state index contributed by atoms with van der Waals surface area (Å²) in [6.45, 7) is 6.94. The molecule has 0 radical (unpaired) electrons. The first-order valence-electron chi connectivity index (χ1n) is 8.86. The van der Waals surface area contributed by atoms with Gasteiger partial charge in [0.05, 0.1) is 7.11 Å². The number of halogens is 1. The van der Waals surface area contributed by atoms with Gasteiger partial charge in [-0.25, -0.2) is 4.98 Å². The third-order valence-electron chi connectivity index (χ3n) is 4.59. The predicted molar refractivity (Wildman–Crippen MR) is 103 cm³/mol. The Morgan fingerprint density at radius 1 is 1.05 bits per heavy atom. The minimum absolute atomic E-state index is 0.168. The maximum absolute atomic E-state index is 5.36. The Kier molecular flexibility index (Phi) is 9.45.